The van der Waals surface area contributed by atoms with Gasteiger partial charge in [-0.2, -0.15) is 0 Å². The smallest absolute Gasteiger partial charge is 0.0726 e. The van der Waals surface area contributed by atoms with Gasteiger partial charge in [0.15, 0.2) is 0 Å². The average molecular weight is 261 g/mol. The molecule has 0 bridgehead atoms. The van der Waals surface area contributed by atoms with Crippen molar-refractivity contribution in [1.29, 1.82) is 0 Å². The number of nitrogens with one attached hydrogen (secondary N) is 1. The lowest BCUT2D eigenvalue weighted by Gasteiger charge is -2.29. The van der Waals surface area contributed by atoms with Gasteiger partial charge in [0.25, 0.3) is 0 Å². The Balaban J connectivity index is 1.89. The van der Waals surface area contributed by atoms with Crippen molar-refractivity contribution in [1.82, 2.24) is 5.32 Å². The third-order valence-corrected chi connectivity index (χ3v) is 3.47. The number of hydrogen-bond donors (Lipinski definition) is 1. The van der Waals surface area contributed by atoms with Crippen LogP contribution in [-0.4, -0.2) is 64.9 Å². The molecular formula is C13H27NO4. The van der Waals surface area contributed by atoms with Gasteiger partial charge < -0.3 is 24.3 Å². The van der Waals surface area contributed by atoms with E-state index in [0.717, 1.165) is 19.6 Å². The first-order chi connectivity index (χ1) is 8.69. The Morgan fingerprint density at radius 3 is 2.44 bits per heavy atom. The summed E-state index contributed by atoms with van der Waals surface area (Å²) >= 11 is 0. The predicted molar refractivity (Wildman–Crippen MR) is 70.0 cm³/mol. The van der Waals surface area contributed by atoms with E-state index in [-0.39, 0.29) is 11.6 Å². The van der Waals surface area contributed by atoms with Gasteiger partial charge in [0.1, 0.15) is 0 Å². The zero-order chi connectivity index (χ0) is 13.3. The van der Waals surface area contributed by atoms with E-state index in [1.54, 1.807) is 7.11 Å². The summed E-state index contributed by atoms with van der Waals surface area (Å²) < 4.78 is 21.2. The Kier molecular flexibility index (Phi) is 7.77. The molecule has 0 aromatic carbocycles. The fourth-order valence-electron chi connectivity index (χ4n) is 1.94. The maximum Gasteiger partial charge on any atom is 0.0726 e. The minimum absolute atomic E-state index is 0.0956. The fourth-order valence-corrected chi connectivity index (χ4v) is 1.94. The lowest BCUT2D eigenvalue weighted by molar-refractivity contribution is 0.0231. The quantitative estimate of drug-likeness (QED) is 0.590. The van der Waals surface area contributed by atoms with E-state index in [0.29, 0.717) is 33.0 Å². The molecule has 18 heavy (non-hydrogen) atoms. The number of ether oxygens (including phenoxy) is 4. The van der Waals surface area contributed by atoms with Gasteiger partial charge in [-0.25, -0.2) is 0 Å². The summed E-state index contributed by atoms with van der Waals surface area (Å²) in [6, 6.07) is 0. The summed E-state index contributed by atoms with van der Waals surface area (Å²) in [5, 5.41) is 3.51. The van der Waals surface area contributed by atoms with Crippen LogP contribution in [0.3, 0.4) is 0 Å². The number of rotatable bonds is 10. The van der Waals surface area contributed by atoms with Gasteiger partial charge in [-0.3, -0.25) is 0 Å². The second-order valence-electron chi connectivity index (χ2n) is 4.82. The maximum absolute atomic E-state index is 5.57. The first-order valence-corrected chi connectivity index (χ1v) is 6.70. The van der Waals surface area contributed by atoms with Crippen LogP contribution in [0, 0.1) is 0 Å². The third kappa shape index (κ3) is 5.63. The van der Waals surface area contributed by atoms with E-state index in [4.69, 9.17) is 18.9 Å². The summed E-state index contributed by atoms with van der Waals surface area (Å²) in [5.41, 5.74) is 0.0956. The van der Waals surface area contributed by atoms with Crippen LogP contribution in [0.5, 0.6) is 0 Å². The van der Waals surface area contributed by atoms with Crippen molar-refractivity contribution < 1.29 is 18.9 Å². The highest BCUT2D eigenvalue weighted by Crippen LogP contribution is 2.24. The molecule has 1 aliphatic rings. The van der Waals surface area contributed by atoms with Crippen LogP contribution < -0.4 is 5.32 Å². The number of hydrogen-bond acceptors (Lipinski definition) is 5. The molecule has 0 radical (unpaired) electrons. The minimum Gasteiger partial charge on any atom is -0.382 e. The van der Waals surface area contributed by atoms with E-state index < -0.39 is 0 Å². The van der Waals surface area contributed by atoms with Gasteiger partial charge >= 0.3 is 0 Å². The molecule has 0 spiro atoms. The second kappa shape index (κ2) is 8.82. The van der Waals surface area contributed by atoms with Crippen molar-refractivity contribution in [3.8, 4) is 0 Å². The van der Waals surface area contributed by atoms with Gasteiger partial charge in [0.2, 0.25) is 0 Å². The van der Waals surface area contributed by atoms with E-state index in [9.17, 15) is 0 Å². The highest BCUT2D eigenvalue weighted by molar-refractivity contribution is 4.93. The Bertz CT molecular complexity index is 215. The van der Waals surface area contributed by atoms with Crippen molar-refractivity contribution in [3.05, 3.63) is 0 Å². The van der Waals surface area contributed by atoms with Crippen LogP contribution in [0.2, 0.25) is 0 Å². The Morgan fingerprint density at radius 1 is 1.17 bits per heavy atom. The zero-order valence-corrected chi connectivity index (χ0v) is 11.9. The zero-order valence-electron chi connectivity index (χ0n) is 11.9. The molecule has 1 heterocycles. The minimum atomic E-state index is 0.0956. The maximum atomic E-state index is 5.57. The molecule has 1 rings (SSSR count). The monoisotopic (exact) mass is 261 g/mol. The molecule has 2 atom stereocenters. The van der Waals surface area contributed by atoms with Crippen molar-refractivity contribution >= 4 is 0 Å². The Labute approximate surface area is 110 Å². The molecule has 1 N–H and O–H groups in total. The van der Waals surface area contributed by atoms with Gasteiger partial charge in [-0.1, -0.05) is 0 Å². The molecule has 0 aromatic rings. The van der Waals surface area contributed by atoms with Gasteiger partial charge in [-0.15, -0.1) is 0 Å². The highest BCUT2D eigenvalue weighted by atomic mass is 16.5. The first kappa shape index (κ1) is 15.9. The predicted octanol–water partition coefficient (Wildman–Crippen LogP) is 0.823. The molecule has 0 saturated carbocycles. The molecule has 0 aromatic heterocycles. The first-order valence-electron chi connectivity index (χ1n) is 6.70. The van der Waals surface area contributed by atoms with E-state index >= 15 is 0 Å². The molecule has 1 aliphatic heterocycles. The summed E-state index contributed by atoms with van der Waals surface area (Å²) in [6.07, 6.45) is 1.34. The lowest BCUT2D eigenvalue weighted by Crippen LogP contribution is -2.48. The highest BCUT2D eigenvalue weighted by Gasteiger charge is 2.35. The average Bonchev–Trinajstić information content (AvgIpc) is 2.68. The SMILES string of the molecule is COCCOCCOCCNC1(C)CCOC1C. The number of methoxy groups -OCH3 is 1. The van der Waals surface area contributed by atoms with Gasteiger partial charge in [0, 0.05) is 25.8 Å². The molecule has 0 aliphatic carbocycles. The Hall–Kier alpha value is -0.200. The molecular weight excluding hydrogens is 234 g/mol. The van der Waals surface area contributed by atoms with Crippen LogP contribution in [0.25, 0.3) is 0 Å². The van der Waals surface area contributed by atoms with Gasteiger partial charge in [-0.05, 0) is 20.3 Å². The molecule has 1 saturated heterocycles. The molecule has 0 amide bonds. The Morgan fingerprint density at radius 2 is 1.83 bits per heavy atom. The van der Waals surface area contributed by atoms with E-state index in [1.807, 2.05) is 0 Å². The summed E-state index contributed by atoms with van der Waals surface area (Å²) in [5.74, 6) is 0. The topological polar surface area (TPSA) is 49.0 Å². The summed E-state index contributed by atoms with van der Waals surface area (Å²) in [4.78, 5) is 0. The van der Waals surface area contributed by atoms with Crippen molar-refractivity contribution in [2.75, 3.05) is 53.3 Å². The lowest BCUT2D eigenvalue weighted by atomic mass is 9.95. The van der Waals surface area contributed by atoms with Gasteiger partial charge in [0.05, 0.1) is 39.1 Å². The molecule has 5 heteroatoms. The summed E-state index contributed by atoms with van der Waals surface area (Å²) in [7, 11) is 1.67. The van der Waals surface area contributed by atoms with Crippen LogP contribution >= 0.6 is 0 Å². The molecule has 2 unspecified atom stereocenters. The van der Waals surface area contributed by atoms with Crippen LogP contribution in [0.4, 0.5) is 0 Å². The third-order valence-electron chi connectivity index (χ3n) is 3.47. The van der Waals surface area contributed by atoms with Crippen molar-refractivity contribution in [2.45, 2.75) is 31.9 Å². The largest absolute Gasteiger partial charge is 0.382 e. The van der Waals surface area contributed by atoms with Crippen LogP contribution in [0.15, 0.2) is 0 Å². The van der Waals surface area contributed by atoms with E-state index in [2.05, 4.69) is 19.2 Å². The molecule has 5 nitrogen and oxygen atoms in total. The van der Waals surface area contributed by atoms with Crippen molar-refractivity contribution in [2.24, 2.45) is 0 Å². The standard InChI is InChI=1S/C13H27NO4/c1-12-13(2,4-6-18-12)14-5-7-16-10-11-17-9-8-15-3/h12,14H,4-11H2,1-3H3. The fraction of sp³-hybridized carbons (Fsp3) is 1.00. The summed E-state index contributed by atoms with van der Waals surface area (Å²) in [6.45, 7) is 9.25. The molecule has 1 fully saturated rings. The van der Waals surface area contributed by atoms with Crippen molar-refractivity contribution in [3.63, 3.8) is 0 Å². The van der Waals surface area contributed by atoms with Crippen LogP contribution in [-0.2, 0) is 18.9 Å². The normalized spacial score (nSPS) is 27.8. The van der Waals surface area contributed by atoms with E-state index in [1.165, 1.54) is 0 Å². The molecule has 108 valence electrons. The second-order valence-corrected chi connectivity index (χ2v) is 4.82. The van der Waals surface area contributed by atoms with Crippen LogP contribution in [0.1, 0.15) is 20.3 Å².